The van der Waals surface area contributed by atoms with Gasteiger partial charge < -0.3 is 5.11 Å². The van der Waals surface area contributed by atoms with Crippen LogP contribution in [0.4, 0.5) is 0 Å². The van der Waals surface area contributed by atoms with Crippen LogP contribution in [0.2, 0.25) is 0 Å². The molecule has 0 aromatic carbocycles. The van der Waals surface area contributed by atoms with E-state index in [-0.39, 0.29) is 5.92 Å². The molecule has 0 spiro atoms. The third kappa shape index (κ3) is 6.89. The van der Waals surface area contributed by atoms with Crippen molar-refractivity contribution in [1.82, 2.24) is 0 Å². The van der Waals surface area contributed by atoms with Crippen LogP contribution in [-0.2, 0) is 4.79 Å². The second-order valence-corrected chi connectivity index (χ2v) is 3.90. The largest absolute Gasteiger partial charge is 0.481 e. The normalized spacial score (nSPS) is 12.9. The molecular weight excluding hydrogens is 244 g/mol. The smallest absolute Gasteiger partial charge is 0.310 e. The Morgan fingerprint density at radius 3 is 2.64 bits per heavy atom. The summed E-state index contributed by atoms with van der Waals surface area (Å²) in [4.78, 5) is 10.8. The van der Waals surface area contributed by atoms with Gasteiger partial charge in [0.1, 0.15) is 0 Å². The van der Waals surface area contributed by atoms with Gasteiger partial charge in [-0.25, -0.2) is 0 Å². The first-order valence-electron chi connectivity index (χ1n) is 4.80. The first-order valence-corrected chi connectivity index (χ1v) is 5.92. The fourth-order valence-electron chi connectivity index (χ4n) is 1.15. The molecule has 1 atom stereocenters. The fraction of sp³-hybridized carbons (Fsp3) is 0.545. The minimum Gasteiger partial charge on any atom is -0.481 e. The topological polar surface area (TPSA) is 37.3 Å². The van der Waals surface area contributed by atoms with Crippen molar-refractivity contribution in [3.8, 4) is 0 Å². The van der Waals surface area contributed by atoms with E-state index >= 15 is 0 Å². The number of halogens is 1. The quantitative estimate of drug-likeness (QED) is 0.413. The van der Waals surface area contributed by atoms with Crippen LogP contribution in [0.1, 0.15) is 25.7 Å². The Bertz CT molecular complexity index is 199. The van der Waals surface area contributed by atoms with Gasteiger partial charge in [-0.15, -0.1) is 0 Å². The van der Waals surface area contributed by atoms with E-state index in [0.717, 1.165) is 24.6 Å². The van der Waals surface area contributed by atoms with Gasteiger partial charge >= 0.3 is 5.97 Å². The number of rotatable bonds is 8. The van der Waals surface area contributed by atoms with Crippen LogP contribution in [0.25, 0.3) is 0 Å². The first kappa shape index (κ1) is 13.4. The fourth-order valence-corrected chi connectivity index (χ4v) is 1.55. The highest BCUT2D eigenvalue weighted by atomic mass is 79.9. The van der Waals surface area contributed by atoms with Crippen LogP contribution in [0.15, 0.2) is 24.8 Å². The minimum atomic E-state index is -0.748. The molecular formula is C11H17BrO2. The zero-order valence-corrected chi connectivity index (χ0v) is 9.87. The Labute approximate surface area is 93.8 Å². The molecule has 0 aliphatic rings. The van der Waals surface area contributed by atoms with E-state index in [1.54, 1.807) is 18.2 Å². The van der Waals surface area contributed by atoms with Crippen molar-refractivity contribution in [3.05, 3.63) is 24.8 Å². The Morgan fingerprint density at radius 2 is 2.14 bits per heavy atom. The summed E-state index contributed by atoms with van der Waals surface area (Å²) < 4.78 is 0. The van der Waals surface area contributed by atoms with Crippen LogP contribution in [0.5, 0.6) is 0 Å². The Morgan fingerprint density at radius 1 is 1.43 bits per heavy atom. The molecule has 80 valence electrons. The molecule has 0 aliphatic heterocycles. The second-order valence-electron chi connectivity index (χ2n) is 3.10. The van der Waals surface area contributed by atoms with Gasteiger partial charge in [0.15, 0.2) is 0 Å². The maximum atomic E-state index is 10.8. The molecule has 0 aromatic rings. The summed E-state index contributed by atoms with van der Waals surface area (Å²) in [6.07, 6.45) is 8.87. The number of carbonyl (C=O) groups is 1. The molecule has 2 nitrogen and oxygen atoms in total. The molecule has 0 amide bonds. The van der Waals surface area contributed by atoms with Gasteiger partial charge in [0.25, 0.3) is 0 Å². The van der Waals surface area contributed by atoms with E-state index in [9.17, 15) is 4.79 Å². The third-order valence-corrected chi connectivity index (χ3v) is 2.51. The SMILES string of the molecule is C=CC=CC(CCCCCBr)C(=O)O. The number of hydrogen-bond donors (Lipinski definition) is 1. The summed E-state index contributed by atoms with van der Waals surface area (Å²) in [5.41, 5.74) is 0. The molecule has 1 unspecified atom stereocenters. The molecule has 0 aliphatic carbocycles. The van der Waals surface area contributed by atoms with Gasteiger partial charge in [-0.3, -0.25) is 4.79 Å². The number of hydrogen-bond acceptors (Lipinski definition) is 1. The van der Waals surface area contributed by atoms with Crippen molar-refractivity contribution in [1.29, 1.82) is 0 Å². The molecule has 0 saturated heterocycles. The lowest BCUT2D eigenvalue weighted by atomic mass is 10.0. The molecule has 0 rings (SSSR count). The van der Waals surface area contributed by atoms with Gasteiger partial charge in [-0.2, -0.15) is 0 Å². The van der Waals surface area contributed by atoms with E-state index in [1.165, 1.54) is 0 Å². The second kappa shape index (κ2) is 9.00. The summed E-state index contributed by atoms with van der Waals surface area (Å²) in [7, 11) is 0. The summed E-state index contributed by atoms with van der Waals surface area (Å²) in [5, 5.41) is 9.85. The lowest BCUT2D eigenvalue weighted by molar-refractivity contribution is -0.140. The molecule has 0 saturated carbocycles. The predicted molar refractivity (Wildman–Crippen MR) is 62.7 cm³/mol. The van der Waals surface area contributed by atoms with E-state index in [4.69, 9.17) is 5.11 Å². The Balaban J connectivity index is 3.79. The van der Waals surface area contributed by atoms with Crippen LogP contribution < -0.4 is 0 Å². The molecule has 0 aromatic heterocycles. The van der Waals surface area contributed by atoms with Crippen LogP contribution in [0, 0.1) is 5.92 Å². The zero-order chi connectivity index (χ0) is 10.8. The summed E-state index contributed by atoms with van der Waals surface area (Å²) >= 11 is 3.34. The lowest BCUT2D eigenvalue weighted by Gasteiger charge is -2.06. The molecule has 1 N–H and O–H groups in total. The van der Waals surface area contributed by atoms with Crippen LogP contribution in [0.3, 0.4) is 0 Å². The highest BCUT2D eigenvalue weighted by molar-refractivity contribution is 9.09. The van der Waals surface area contributed by atoms with E-state index < -0.39 is 5.97 Å². The molecule has 0 fully saturated rings. The van der Waals surface area contributed by atoms with E-state index in [1.807, 2.05) is 0 Å². The third-order valence-electron chi connectivity index (χ3n) is 1.95. The van der Waals surface area contributed by atoms with Gasteiger partial charge in [0.05, 0.1) is 5.92 Å². The predicted octanol–water partition coefficient (Wildman–Crippen LogP) is 3.38. The van der Waals surface area contributed by atoms with Crippen LogP contribution >= 0.6 is 15.9 Å². The number of alkyl halides is 1. The summed E-state index contributed by atoms with van der Waals surface area (Å²) in [6.45, 7) is 3.52. The molecule has 0 radical (unpaired) electrons. The van der Waals surface area contributed by atoms with E-state index in [0.29, 0.717) is 6.42 Å². The molecule has 0 bridgehead atoms. The van der Waals surface area contributed by atoms with Gasteiger partial charge in [0, 0.05) is 5.33 Å². The van der Waals surface area contributed by atoms with E-state index in [2.05, 4.69) is 22.5 Å². The maximum Gasteiger partial charge on any atom is 0.310 e. The van der Waals surface area contributed by atoms with Crippen molar-refractivity contribution >= 4 is 21.9 Å². The number of allylic oxidation sites excluding steroid dienone is 2. The van der Waals surface area contributed by atoms with Crippen LogP contribution in [-0.4, -0.2) is 16.4 Å². The molecule has 0 heterocycles. The number of unbranched alkanes of at least 4 members (excludes halogenated alkanes) is 2. The highest BCUT2D eigenvalue weighted by Crippen LogP contribution is 2.12. The zero-order valence-electron chi connectivity index (χ0n) is 8.29. The monoisotopic (exact) mass is 260 g/mol. The molecule has 14 heavy (non-hydrogen) atoms. The van der Waals surface area contributed by atoms with Gasteiger partial charge in [-0.05, 0) is 12.8 Å². The van der Waals surface area contributed by atoms with Crippen molar-refractivity contribution in [2.45, 2.75) is 25.7 Å². The Kier molecular flexibility index (Phi) is 8.64. The van der Waals surface area contributed by atoms with Crippen molar-refractivity contribution in [3.63, 3.8) is 0 Å². The van der Waals surface area contributed by atoms with Gasteiger partial charge in [0.2, 0.25) is 0 Å². The number of carboxylic acid groups (broad SMARTS) is 1. The molecule has 3 heteroatoms. The Hall–Kier alpha value is -0.570. The summed E-state index contributed by atoms with van der Waals surface area (Å²) in [5.74, 6) is -1.11. The van der Waals surface area contributed by atoms with Crippen molar-refractivity contribution in [2.24, 2.45) is 5.92 Å². The summed E-state index contributed by atoms with van der Waals surface area (Å²) in [6, 6.07) is 0. The van der Waals surface area contributed by atoms with Crippen molar-refractivity contribution in [2.75, 3.05) is 5.33 Å². The number of aliphatic carboxylic acids is 1. The standard InChI is InChI=1S/C11H17BrO2/c1-2-3-7-10(11(13)14)8-5-4-6-9-12/h2-3,7,10H,1,4-6,8-9H2,(H,13,14). The lowest BCUT2D eigenvalue weighted by Crippen LogP contribution is -2.10. The average Bonchev–Trinajstić information content (AvgIpc) is 2.16. The van der Waals surface area contributed by atoms with Crippen molar-refractivity contribution < 1.29 is 9.90 Å². The highest BCUT2D eigenvalue weighted by Gasteiger charge is 2.12. The minimum absolute atomic E-state index is 0.358. The average molecular weight is 261 g/mol. The number of carboxylic acids is 1. The van der Waals surface area contributed by atoms with Gasteiger partial charge in [-0.1, -0.05) is 53.6 Å². The first-order chi connectivity index (χ1) is 6.72. The maximum absolute atomic E-state index is 10.8.